The van der Waals surface area contributed by atoms with E-state index in [-0.39, 0.29) is 0 Å². The lowest BCUT2D eigenvalue weighted by Gasteiger charge is -2.02. The molecule has 0 unspecified atom stereocenters. The van der Waals surface area contributed by atoms with Crippen molar-refractivity contribution in [2.75, 3.05) is 25.7 Å². The normalized spacial score (nSPS) is 9.05. The van der Waals surface area contributed by atoms with Crippen LogP contribution in [0, 0.1) is 10.8 Å². The number of methoxy groups -OCH3 is 2. The number of unbranched alkanes of at least 4 members (excludes halogenated alkanes) is 2. The standard InChI is InChI=1S/C8H16N2O2S2.C5H8O2/c1-11-7(9)3-5-13-14-6-4-8(10)12-2;6-4-2-1-3-5-7/h9-10H,3-6H2,1-2H3;4-5H,1-3H2. The van der Waals surface area contributed by atoms with Gasteiger partial charge in [-0.05, 0) is 6.42 Å². The molecule has 122 valence electrons. The molecule has 0 aliphatic rings. The lowest BCUT2D eigenvalue weighted by atomic mass is 10.3. The summed E-state index contributed by atoms with van der Waals surface area (Å²) in [4.78, 5) is 19.1. The quantitative estimate of drug-likeness (QED) is 0.198. The molecule has 0 saturated heterocycles. The zero-order chi connectivity index (χ0) is 16.3. The van der Waals surface area contributed by atoms with Crippen molar-refractivity contribution >= 4 is 46.0 Å². The van der Waals surface area contributed by atoms with Gasteiger partial charge < -0.3 is 19.1 Å². The van der Waals surface area contributed by atoms with Crippen LogP contribution >= 0.6 is 21.6 Å². The van der Waals surface area contributed by atoms with E-state index in [9.17, 15) is 9.59 Å². The summed E-state index contributed by atoms with van der Waals surface area (Å²) in [6.45, 7) is 0. The molecule has 6 nitrogen and oxygen atoms in total. The fourth-order valence-corrected chi connectivity index (χ4v) is 2.86. The van der Waals surface area contributed by atoms with Crippen molar-refractivity contribution in [3.63, 3.8) is 0 Å². The van der Waals surface area contributed by atoms with Crippen molar-refractivity contribution in [1.82, 2.24) is 0 Å². The second-order valence-corrected chi connectivity index (χ2v) is 6.36. The van der Waals surface area contributed by atoms with Gasteiger partial charge in [-0.1, -0.05) is 21.6 Å². The summed E-state index contributed by atoms with van der Waals surface area (Å²) in [6, 6.07) is 0. The number of carbonyl (C=O) groups excluding carboxylic acids is 2. The maximum absolute atomic E-state index is 9.56. The minimum atomic E-state index is 0.322. The maximum Gasteiger partial charge on any atom is 0.180 e. The Balaban J connectivity index is 0. The van der Waals surface area contributed by atoms with Crippen LogP contribution in [0.1, 0.15) is 32.1 Å². The monoisotopic (exact) mass is 336 g/mol. The highest BCUT2D eigenvalue weighted by atomic mass is 33.1. The first kappa shape index (κ1) is 22.3. The smallest absolute Gasteiger partial charge is 0.180 e. The highest BCUT2D eigenvalue weighted by molar-refractivity contribution is 8.76. The fraction of sp³-hybridized carbons (Fsp3) is 0.692. The molecule has 0 bridgehead atoms. The number of nitrogens with one attached hydrogen (secondary N) is 2. The first-order valence-electron chi connectivity index (χ1n) is 6.46. The average Bonchev–Trinajstić information content (AvgIpc) is 2.51. The van der Waals surface area contributed by atoms with E-state index >= 15 is 0 Å². The Morgan fingerprint density at radius 2 is 1.29 bits per heavy atom. The van der Waals surface area contributed by atoms with Crippen LogP contribution in [0.15, 0.2) is 0 Å². The van der Waals surface area contributed by atoms with Gasteiger partial charge in [-0.15, -0.1) is 0 Å². The van der Waals surface area contributed by atoms with E-state index in [2.05, 4.69) is 0 Å². The van der Waals surface area contributed by atoms with Gasteiger partial charge in [0, 0.05) is 37.2 Å². The van der Waals surface area contributed by atoms with E-state index in [1.54, 1.807) is 21.6 Å². The maximum atomic E-state index is 9.56. The van der Waals surface area contributed by atoms with Gasteiger partial charge in [0.2, 0.25) is 0 Å². The number of rotatable bonds is 11. The van der Waals surface area contributed by atoms with Crippen LogP contribution in [0.5, 0.6) is 0 Å². The Bertz CT molecular complexity index is 274. The molecule has 0 heterocycles. The minimum Gasteiger partial charge on any atom is -0.484 e. The number of hydrogen-bond donors (Lipinski definition) is 2. The number of aldehydes is 2. The SMILES string of the molecule is COC(=N)CCSSCCC(=N)OC.O=CCCCC=O. The molecule has 2 N–H and O–H groups in total. The second-order valence-electron chi connectivity index (χ2n) is 3.66. The molecule has 0 aromatic heterocycles. The van der Waals surface area contributed by atoms with Gasteiger partial charge in [0.1, 0.15) is 12.6 Å². The summed E-state index contributed by atoms with van der Waals surface area (Å²) >= 11 is 0. The van der Waals surface area contributed by atoms with E-state index in [0.29, 0.717) is 43.9 Å². The largest absolute Gasteiger partial charge is 0.484 e. The Kier molecular flexibility index (Phi) is 20.1. The molecular weight excluding hydrogens is 312 g/mol. The number of ether oxygens (including phenoxy) is 2. The predicted molar refractivity (Wildman–Crippen MR) is 89.6 cm³/mol. The molecule has 0 radical (unpaired) electrons. The third kappa shape index (κ3) is 21.4. The molecule has 0 saturated carbocycles. The molecule has 21 heavy (non-hydrogen) atoms. The van der Waals surface area contributed by atoms with E-state index in [1.165, 1.54) is 14.2 Å². The van der Waals surface area contributed by atoms with Crippen molar-refractivity contribution in [2.24, 2.45) is 0 Å². The zero-order valence-electron chi connectivity index (χ0n) is 12.6. The van der Waals surface area contributed by atoms with Gasteiger partial charge >= 0.3 is 0 Å². The summed E-state index contributed by atoms with van der Waals surface area (Å²) in [5.74, 6) is 2.39. The highest BCUT2D eigenvalue weighted by Crippen LogP contribution is 2.22. The van der Waals surface area contributed by atoms with Crippen LogP contribution < -0.4 is 0 Å². The average molecular weight is 336 g/mol. The second kappa shape index (κ2) is 19.0. The first-order valence-corrected chi connectivity index (χ1v) is 8.95. The van der Waals surface area contributed by atoms with Gasteiger partial charge in [0.05, 0.1) is 14.2 Å². The van der Waals surface area contributed by atoms with Crippen LogP contribution in [0.25, 0.3) is 0 Å². The molecule has 0 fully saturated rings. The third-order valence-electron chi connectivity index (χ3n) is 2.04. The van der Waals surface area contributed by atoms with Gasteiger partial charge in [0.25, 0.3) is 0 Å². The highest BCUT2D eigenvalue weighted by Gasteiger charge is 1.98. The minimum absolute atomic E-state index is 0.322. The van der Waals surface area contributed by atoms with Crippen molar-refractivity contribution < 1.29 is 19.1 Å². The number of hydrogen-bond acceptors (Lipinski definition) is 8. The van der Waals surface area contributed by atoms with Gasteiger partial charge in [-0.2, -0.15) is 0 Å². The summed E-state index contributed by atoms with van der Waals surface area (Å²) in [6.07, 6.45) is 4.70. The topological polar surface area (TPSA) is 100 Å². The van der Waals surface area contributed by atoms with E-state index < -0.39 is 0 Å². The van der Waals surface area contributed by atoms with Crippen LogP contribution in [-0.2, 0) is 19.1 Å². The predicted octanol–water partition coefficient (Wildman–Crippen LogP) is 2.95. The van der Waals surface area contributed by atoms with Crippen LogP contribution in [0.3, 0.4) is 0 Å². The van der Waals surface area contributed by atoms with Gasteiger partial charge in [-0.25, -0.2) is 0 Å². The molecule has 0 aliphatic heterocycles. The molecule has 0 rings (SSSR count). The first-order chi connectivity index (χ1) is 10.1. The Hall–Kier alpha value is -1.02. The van der Waals surface area contributed by atoms with Crippen LogP contribution in [0.4, 0.5) is 0 Å². The van der Waals surface area contributed by atoms with Crippen molar-refractivity contribution in [1.29, 1.82) is 10.8 Å². The van der Waals surface area contributed by atoms with Gasteiger partial charge in [-0.3, -0.25) is 10.8 Å². The summed E-state index contributed by atoms with van der Waals surface area (Å²) in [5.41, 5.74) is 0. The molecule has 0 aromatic carbocycles. The van der Waals surface area contributed by atoms with Crippen molar-refractivity contribution in [2.45, 2.75) is 32.1 Å². The Morgan fingerprint density at radius 3 is 1.57 bits per heavy atom. The third-order valence-corrected chi connectivity index (χ3v) is 4.45. The zero-order valence-corrected chi connectivity index (χ0v) is 14.2. The molecule has 0 spiro atoms. The summed E-state index contributed by atoms with van der Waals surface area (Å²) in [5, 5.41) is 14.4. The van der Waals surface area contributed by atoms with Gasteiger partial charge in [0.15, 0.2) is 11.8 Å². The summed E-state index contributed by atoms with van der Waals surface area (Å²) < 4.78 is 9.44. The molecule has 0 amide bonds. The molecule has 8 heteroatoms. The van der Waals surface area contributed by atoms with E-state index in [1.807, 2.05) is 0 Å². The lowest BCUT2D eigenvalue weighted by Crippen LogP contribution is -2.00. The number of carbonyl (C=O) groups is 2. The van der Waals surface area contributed by atoms with E-state index in [4.69, 9.17) is 20.3 Å². The molecule has 0 atom stereocenters. The van der Waals surface area contributed by atoms with E-state index in [0.717, 1.165) is 24.1 Å². The van der Waals surface area contributed by atoms with Crippen molar-refractivity contribution in [3.05, 3.63) is 0 Å². The Labute approximate surface area is 134 Å². The van der Waals surface area contributed by atoms with Crippen LogP contribution in [-0.4, -0.2) is 50.1 Å². The molecule has 0 aromatic rings. The van der Waals surface area contributed by atoms with Crippen molar-refractivity contribution in [3.8, 4) is 0 Å². The summed E-state index contributed by atoms with van der Waals surface area (Å²) in [7, 11) is 6.41. The van der Waals surface area contributed by atoms with Crippen LogP contribution in [0.2, 0.25) is 0 Å². The lowest BCUT2D eigenvalue weighted by molar-refractivity contribution is -0.108. The Morgan fingerprint density at radius 1 is 0.905 bits per heavy atom. The molecular formula is C13H24N2O4S2. The molecule has 0 aliphatic carbocycles. The fourth-order valence-electron chi connectivity index (χ4n) is 0.875.